The molecule has 34 heavy (non-hydrogen) atoms. The smallest absolute Gasteiger partial charge is 0.348 e. The zero-order valence-corrected chi connectivity index (χ0v) is 21.0. The van der Waals surface area contributed by atoms with Crippen molar-refractivity contribution in [3.63, 3.8) is 0 Å². The van der Waals surface area contributed by atoms with Gasteiger partial charge in [0.2, 0.25) is 5.91 Å². The highest BCUT2D eigenvalue weighted by atomic mass is 32.2. The quantitative estimate of drug-likeness (QED) is 0.320. The summed E-state index contributed by atoms with van der Waals surface area (Å²) in [6, 6.07) is 9.67. The van der Waals surface area contributed by atoms with Crippen LogP contribution in [0.4, 0.5) is 5.00 Å². The Bertz CT molecular complexity index is 1230. The van der Waals surface area contributed by atoms with Gasteiger partial charge in [0.1, 0.15) is 21.7 Å². The molecule has 3 aromatic rings. The number of hydrogen-bond donors (Lipinski definition) is 1. The molecule has 2 aromatic heterocycles. The molecule has 0 saturated heterocycles. The molecular weight excluding hydrogens is 474 g/mol. The zero-order chi connectivity index (χ0) is 24.7. The van der Waals surface area contributed by atoms with Gasteiger partial charge < -0.3 is 19.4 Å². The third-order valence-electron chi connectivity index (χ3n) is 4.77. The van der Waals surface area contributed by atoms with Crippen LogP contribution in [0.1, 0.15) is 41.6 Å². The Morgan fingerprint density at radius 1 is 1.21 bits per heavy atom. The maximum Gasteiger partial charge on any atom is 0.348 e. The molecule has 11 heteroatoms. The topological polar surface area (TPSA) is 119 Å². The van der Waals surface area contributed by atoms with Gasteiger partial charge in [0.25, 0.3) is 0 Å². The predicted octanol–water partition coefficient (Wildman–Crippen LogP) is 4.51. The van der Waals surface area contributed by atoms with Crippen molar-refractivity contribution in [2.75, 3.05) is 24.3 Å². The number of thiophene rings is 1. The fourth-order valence-electron chi connectivity index (χ4n) is 3.23. The molecule has 1 N–H and O–H groups in total. The van der Waals surface area contributed by atoms with Crippen molar-refractivity contribution in [2.45, 2.75) is 39.4 Å². The van der Waals surface area contributed by atoms with E-state index in [1.54, 1.807) is 13.8 Å². The Labute approximate surface area is 206 Å². The Balaban J connectivity index is 1.75. The van der Waals surface area contributed by atoms with Gasteiger partial charge in [0.15, 0.2) is 11.0 Å². The Morgan fingerprint density at radius 2 is 1.97 bits per heavy atom. The number of benzene rings is 1. The molecule has 1 amide bonds. The number of nitrogens with zero attached hydrogens (tertiary/aromatic N) is 4. The summed E-state index contributed by atoms with van der Waals surface area (Å²) in [5.74, 6) is 0.611. The maximum absolute atomic E-state index is 12.7. The number of nitrogens with one attached hydrogen (secondary N) is 1. The lowest BCUT2D eigenvalue weighted by Crippen LogP contribution is -2.14. The molecule has 0 aliphatic heterocycles. The minimum absolute atomic E-state index is 0.0573. The second-order valence-corrected chi connectivity index (χ2v) is 8.87. The van der Waals surface area contributed by atoms with E-state index >= 15 is 0 Å². The Morgan fingerprint density at radius 3 is 2.65 bits per heavy atom. The summed E-state index contributed by atoms with van der Waals surface area (Å²) < 4.78 is 12.7. The standard InChI is InChI=1S/C23H25N5O4S2/c1-5-28-20(15-10-8-9-11-17(15)31-6-2)26-27-23(28)33-13-18(29)25-21-16(12-24)14(4)19(34-21)22(30)32-7-3/h8-11H,5-7,13H2,1-4H3,(H,25,29). The largest absolute Gasteiger partial charge is 0.493 e. The van der Waals surface area contributed by atoms with E-state index in [2.05, 4.69) is 21.6 Å². The van der Waals surface area contributed by atoms with Gasteiger partial charge in [0, 0.05) is 6.54 Å². The molecule has 0 radical (unpaired) electrons. The van der Waals surface area contributed by atoms with Crippen LogP contribution in [0.2, 0.25) is 0 Å². The van der Waals surface area contributed by atoms with Crippen LogP contribution in [0.3, 0.4) is 0 Å². The minimum Gasteiger partial charge on any atom is -0.493 e. The molecule has 0 aliphatic rings. The number of carbonyl (C=O) groups is 2. The maximum atomic E-state index is 12.7. The lowest BCUT2D eigenvalue weighted by atomic mass is 10.2. The molecule has 1 aromatic carbocycles. The summed E-state index contributed by atoms with van der Waals surface area (Å²) >= 11 is 2.28. The monoisotopic (exact) mass is 499 g/mol. The van der Waals surface area contributed by atoms with Crippen LogP contribution in [0.25, 0.3) is 11.4 Å². The lowest BCUT2D eigenvalue weighted by molar-refractivity contribution is -0.113. The zero-order valence-electron chi connectivity index (χ0n) is 19.4. The normalized spacial score (nSPS) is 10.6. The van der Waals surface area contributed by atoms with Crippen molar-refractivity contribution in [1.29, 1.82) is 5.26 Å². The van der Waals surface area contributed by atoms with E-state index in [9.17, 15) is 14.9 Å². The van der Waals surface area contributed by atoms with Crippen LogP contribution in [0.5, 0.6) is 5.75 Å². The van der Waals surface area contributed by atoms with Crippen molar-refractivity contribution < 1.29 is 19.1 Å². The van der Waals surface area contributed by atoms with Crippen LogP contribution in [0.15, 0.2) is 29.4 Å². The molecule has 0 unspecified atom stereocenters. The Hall–Kier alpha value is -3.36. The van der Waals surface area contributed by atoms with Crippen LogP contribution < -0.4 is 10.1 Å². The highest BCUT2D eigenvalue weighted by Gasteiger charge is 2.23. The predicted molar refractivity (Wildman–Crippen MR) is 131 cm³/mol. The second-order valence-electron chi connectivity index (χ2n) is 6.91. The summed E-state index contributed by atoms with van der Waals surface area (Å²) in [7, 11) is 0. The molecule has 3 rings (SSSR count). The van der Waals surface area contributed by atoms with E-state index in [1.807, 2.05) is 42.7 Å². The number of hydrogen-bond acceptors (Lipinski definition) is 9. The molecule has 0 aliphatic carbocycles. The number of ether oxygens (including phenoxy) is 2. The van der Waals surface area contributed by atoms with Crippen molar-refractivity contribution in [3.05, 3.63) is 40.3 Å². The van der Waals surface area contributed by atoms with Gasteiger partial charge in [-0.15, -0.1) is 21.5 Å². The lowest BCUT2D eigenvalue weighted by Gasteiger charge is -2.11. The molecule has 178 valence electrons. The van der Waals surface area contributed by atoms with Crippen LogP contribution in [-0.2, 0) is 16.1 Å². The summed E-state index contributed by atoms with van der Waals surface area (Å²) in [5, 5.41) is 21.8. The number of amides is 1. The van der Waals surface area contributed by atoms with E-state index in [1.165, 1.54) is 11.8 Å². The van der Waals surface area contributed by atoms with E-state index in [-0.39, 0.29) is 23.8 Å². The van der Waals surface area contributed by atoms with Gasteiger partial charge in [-0.25, -0.2) is 4.79 Å². The number of carbonyl (C=O) groups excluding carboxylic acids is 2. The second kappa shape index (κ2) is 11.7. The summed E-state index contributed by atoms with van der Waals surface area (Å²) in [6.45, 7) is 8.64. The van der Waals surface area contributed by atoms with Gasteiger partial charge in [-0.3, -0.25) is 4.79 Å². The van der Waals surface area contributed by atoms with E-state index in [0.717, 1.165) is 22.6 Å². The van der Waals surface area contributed by atoms with Gasteiger partial charge in [-0.05, 0) is 45.4 Å². The number of anilines is 1. The molecule has 9 nitrogen and oxygen atoms in total. The number of thioether (sulfide) groups is 1. The highest BCUT2D eigenvalue weighted by molar-refractivity contribution is 7.99. The SMILES string of the molecule is CCOC(=O)c1sc(NC(=O)CSc2nnc(-c3ccccc3OCC)n2CC)c(C#N)c1C. The first-order chi connectivity index (χ1) is 16.4. The highest BCUT2D eigenvalue weighted by Crippen LogP contribution is 2.34. The summed E-state index contributed by atoms with van der Waals surface area (Å²) in [6.07, 6.45) is 0. The van der Waals surface area contributed by atoms with Crippen LogP contribution in [0, 0.1) is 18.3 Å². The first-order valence-corrected chi connectivity index (χ1v) is 12.5. The fourth-order valence-corrected chi connectivity index (χ4v) is 5.10. The van der Waals surface area contributed by atoms with Crippen LogP contribution in [-0.4, -0.2) is 45.6 Å². The average molecular weight is 500 g/mol. The molecule has 0 atom stereocenters. The van der Waals surface area contributed by atoms with Gasteiger partial charge in [0.05, 0.1) is 30.1 Å². The third kappa shape index (κ3) is 5.40. The van der Waals surface area contributed by atoms with E-state index < -0.39 is 5.97 Å². The number of nitriles is 1. The van der Waals surface area contributed by atoms with Crippen LogP contribution >= 0.6 is 23.1 Å². The van der Waals surface area contributed by atoms with Gasteiger partial charge in [-0.2, -0.15) is 5.26 Å². The summed E-state index contributed by atoms with van der Waals surface area (Å²) in [4.78, 5) is 25.1. The molecule has 0 spiro atoms. The number of esters is 1. The molecule has 2 heterocycles. The average Bonchev–Trinajstić information content (AvgIpc) is 3.38. The van der Waals surface area contributed by atoms with Crippen molar-refractivity contribution in [2.24, 2.45) is 0 Å². The molecule has 0 bridgehead atoms. The minimum atomic E-state index is -0.507. The fraction of sp³-hybridized carbons (Fsp3) is 0.348. The van der Waals surface area contributed by atoms with Crippen molar-refractivity contribution >= 4 is 40.0 Å². The van der Waals surface area contributed by atoms with Crippen molar-refractivity contribution in [1.82, 2.24) is 14.8 Å². The number of rotatable bonds is 10. The molecule has 0 saturated carbocycles. The van der Waals surface area contributed by atoms with E-state index in [4.69, 9.17) is 9.47 Å². The number of para-hydroxylation sites is 1. The first-order valence-electron chi connectivity index (χ1n) is 10.7. The first kappa shape index (κ1) is 25.3. The summed E-state index contributed by atoms with van der Waals surface area (Å²) in [5.41, 5.74) is 1.59. The number of aromatic nitrogens is 3. The Kier molecular flexibility index (Phi) is 8.67. The molecular formula is C23H25N5O4S2. The van der Waals surface area contributed by atoms with E-state index in [0.29, 0.717) is 39.6 Å². The third-order valence-corrected chi connectivity index (χ3v) is 6.92. The van der Waals surface area contributed by atoms with Gasteiger partial charge in [-0.1, -0.05) is 23.9 Å². The van der Waals surface area contributed by atoms with Gasteiger partial charge >= 0.3 is 5.97 Å². The van der Waals surface area contributed by atoms with Crippen molar-refractivity contribution in [3.8, 4) is 23.2 Å². The molecule has 0 fully saturated rings.